The fourth-order valence-corrected chi connectivity index (χ4v) is 1.82. The van der Waals surface area contributed by atoms with Crippen molar-refractivity contribution in [3.63, 3.8) is 0 Å². The number of carbonyl (C=O) groups is 2. The Morgan fingerprint density at radius 1 is 1.17 bits per heavy atom. The van der Waals surface area contributed by atoms with Crippen LogP contribution in [0.25, 0.3) is 11.3 Å². The van der Waals surface area contributed by atoms with E-state index in [2.05, 4.69) is 36.1 Å². The Labute approximate surface area is 138 Å². The first-order valence-corrected chi connectivity index (χ1v) is 7.32. The molecule has 126 valence electrons. The topological polar surface area (TPSA) is 118 Å². The molecule has 0 fully saturated rings. The second kappa shape index (κ2) is 8.42. The number of anilines is 1. The molecule has 0 aliphatic carbocycles. The molecule has 0 aliphatic heterocycles. The highest BCUT2D eigenvalue weighted by Gasteiger charge is 2.09. The lowest BCUT2D eigenvalue weighted by atomic mass is 10.1. The van der Waals surface area contributed by atoms with Crippen molar-refractivity contribution in [1.82, 2.24) is 25.9 Å². The SMILES string of the molecule is CCOC(=O)NCC(=O)NNc1nnc(-c2ccccc2)c(C)n1. The van der Waals surface area contributed by atoms with Crippen LogP contribution in [0.5, 0.6) is 0 Å². The van der Waals surface area contributed by atoms with Crippen LogP contribution in [-0.2, 0) is 9.53 Å². The zero-order valence-electron chi connectivity index (χ0n) is 13.4. The number of hydrogen-bond donors (Lipinski definition) is 3. The summed E-state index contributed by atoms with van der Waals surface area (Å²) in [5.74, 6) is -0.326. The van der Waals surface area contributed by atoms with Gasteiger partial charge in [-0.25, -0.2) is 9.78 Å². The molecule has 24 heavy (non-hydrogen) atoms. The first-order valence-electron chi connectivity index (χ1n) is 7.32. The van der Waals surface area contributed by atoms with Crippen LogP contribution in [0.15, 0.2) is 30.3 Å². The fourth-order valence-electron chi connectivity index (χ4n) is 1.82. The van der Waals surface area contributed by atoms with E-state index < -0.39 is 12.0 Å². The number of amides is 2. The Hall–Kier alpha value is -3.23. The zero-order chi connectivity index (χ0) is 17.4. The quantitative estimate of drug-likeness (QED) is 0.677. The number of aryl methyl sites for hydroxylation is 1. The third-order valence-electron chi connectivity index (χ3n) is 2.89. The molecule has 0 unspecified atom stereocenters. The Morgan fingerprint density at radius 2 is 1.92 bits per heavy atom. The van der Waals surface area contributed by atoms with Crippen molar-refractivity contribution in [2.75, 3.05) is 18.6 Å². The van der Waals surface area contributed by atoms with E-state index in [1.54, 1.807) is 13.8 Å². The van der Waals surface area contributed by atoms with E-state index in [4.69, 9.17) is 0 Å². The second-order valence-electron chi connectivity index (χ2n) is 4.68. The molecular weight excluding hydrogens is 312 g/mol. The van der Waals surface area contributed by atoms with Crippen molar-refractivity contribution < 1.29 is 14.3 Å². The molecule has 0 aliphatic rings. The predicted octanol–water partition coefficient (Wildman–Crippen LogP) is 1.04. The lowest BCUT2D eigenvalue weighted by Gasteiger charge is -2.09. The van der Waals surface area contributed by atoms with E-state index in [-0.39, 0.29) is 19.1 Å². The number of hydrogen-bond acceptors (Lipinski definition) is 7. The van der Waals surface area contributed by atoms with E-state index in [9.17, 15) is 9.59 Å². The fraction of sp³-hybridized carbons (Fsp3) is 0.267. The van der Waals surface area contributed by atoms with Gasteiger partial charge in [-0.05, 0) is 13.8 Å². The van der Waals surface area contributed by atoms with Crippen LogP contribution < -0.4 is 16.2 Å². The van der Waals surface area contributed by atoms with E-state index in [0.29, 0.717) is 11.4 Å². The van der Waals surface area contributed by atoms with Crippen molar-refractivity contribution in [1.29, 1.82) is 0 Å². The summed E-state index contributed by atoms with van der Waals surface area (Å²) in [5.41, 5.74) is 7.14. The highest BCUT2D eigenvalue weighted by Crippen LogP contribution is 2.18. The minimum atomic E-state index is -0.659. The molecule has 9 heteroatoms. The molecule has 2 amide bonds. The van der Waals surface area contributed by atoms with Crippen molar-refractivity contribution >= 4 is 17.9 Å². The van der Waals surface area contributed by atoms with Gasteiger partial charge in [-0.2, -0.15) is 0 Å². The molecule has 2 rings (SSSR count). The molecule has 3 N–H and O–H groups in total. The molecule has 0 spiro atoms. The molecule has 1 aromatic heterocycles. The van der Waals surface area contributed by atoms with Gasteiger partial charge in [0.25, 0.3) is 11.9 Å². The van der Waals surface area contributed by atoms with Crippen molar-refractivity contribution in [3.05, 3.63) is 36.0 Å². The molecule has 1 heterocycles. The second-order valence-corrected chi connectivity index (χ2v) is 4.68. The third kappa shape index (κ3) is 4.90. The summed E-state index contributed by atoms with van der Waals surface area (Å²) < 4.78 is 4.64. The predicted molar refractivity (Wildman–Crippen MR) is 86.8 cm³/mol. The van der Waals surface area contributed by atoms with Crippen LogP contribution in [0, 0.1) is 6.92 Å². The van der Waals surface area contributed by atoms with Crippen LogP contribution in [0.1, 0.15) is 12.6 Å². The molecule has 9 nitrogen and oxygen atoms in total. The summed E-state index contributed by atoms with van der Waals surface area (Å²) in [4.78, 5) is 26.9. The van der Waals surface area contributed by atoms with Gasteiger partial charge in [0.05, 0.1) is 12.3 Å². The molecule has 1 aromatic carbocycles. The van der Waals surface area contributed by atoms with Crippen LogP contribution in [-0.4, -0.2) is 40.3 Å². The summed E-state index contributed by atoms with van der Waals surface area (Å²) in [6, 6.07) is 9.54. The van der Waals surface area contributed by atoms with Gasteiger partial charge in [0.1, 0.15) is 12.2 Å². The standard InChI is InChI=1S/C15H18N6O3/c1-3-24-15(23)16-9-12(22)18-20-14-17-10(2)13(19-21-14)11-7-5-4-6-8-11/h4-8H,3,9H2,1-2H3,(H,16,23)(H,18,22)(H,17,20,21). The molecule has 0 saturated heterocycles. The van der Waals surface area contributed by atoms with Gasteiger partial charge < -0.3 is 10.1 Å². The molecular formula is C15H18N6O3. The van der Waals surface area contributed by atoms with E-state index in [1.807, 2.05) is 30.3 Å². The lowest BCUT2D eigenvalue weighted by Crippen LogP contribution is -2.40. The van der Waals surface area contributed by atoms with Gasteiger partial charge in [0.2, 0.25) is 0 Å². The highest BCUT2D eigenvalue weighted by atomic mass is 16.5. The monoisotopic (exact) mass is 330 g/mol. The zero-order valence-corrected chi connectivity index (χ0v) is 13.4. The van der Waals surface area contributed by atoms with E-state index in [0.717, 1.165) is 5.56 Å². The number of carbonyl (C=O) groups excluding carboxylic acids is 2. The van der Waals surface area contributed by atoms with Gasteiger partial charge in [-0.1, -0.05) is 30.3 Å². The van der Waals surface area contributed by atoms with Crippen LogP contribution >= 0.6 is 0 Å². The summed E-state index contributed by atoms with van der Waals surface area (Å²) in [6.45, 7) is 3.47. The average molecular weight is 330 g/mol. The van der Waals surface area contributed by atoms with Gasteiger partial charge in [-0.3, -0.25) is 15.6 Å². The average Bonchev–Trinajstić information content (AvgIpc) is 2.59. The maximum Gasteiger partial charge on any atom is 0.407 e. The smallest absolute Gasteiger partial charge is 0.407 e. The number of nitrogens with zero attached hydrogens (tertiary/aromatic N) is 3. The molecule has 2 aromatic rings. The van der Waals surface area contributed by atoms with Crippen molar-refractivity contribution in [2.45, 2.75) is 13.8 Å². The summed E-state index contributed by atoms with van der Waals surface area (Å²) >= 11 is 0. The number of alkyl carbamates (subject to hydrolysis) is 1. The Morgan fingerprint density at radius 3 is 2.58 bits per heavy atom. The molecule has 0 bridgehead atoms. The first kappa shape index (κ1) is 17.1. The number of ether oxygens (including phenoxy) is 1. The molecule has 0 atom stereocenters. The summed E-state index contributed by atoms with van der Waals surface area (Å²) in [7, 11) is 0. The number of hydrazine groups is 1. The normalized spacial score (nSPS) is 9.92. The van der Waals surface area contributed by atoms with Crippen molar-refractivity contribution in [2.24, 2.45) is 0 Å². The largest absolute Gasteiger partial charge is 0.450 e. The summed E-state index contributed by atoms with van der Waals surface area (Å²) in [5, 5.41) is 10.3. The van der Waals surface area contributed by atoms with Crippen LogP contribution in [0.4, 0.5) is 10.7 Å². The minimum Gasteiger partial charge on any atom is -0.450 e. The van der Waals surface area contributed by atoms with Crippen LogP contribution in [0.3, 0.4) is 0 Å². The number of rotatable bonds is 6. The lowest BCUT2D eigenvalue weighted by molar-refractivity contribution is -0.119. The molecule has 0 saturated carbocycles. The Bertz CT molecular complexity index is 708. The minimum absolute atomic E-state index is 0.150. The molecule has 0 radical (unpaired) electrons. The van der Waals surface area contributed by atoms with Crippen molar-refractivity contribution in [3.8, 4) is 11.3 Å². The third-order valence-corrected chi connectivity index (χ3v) is 2.89. The highest BCUT2D eigenvalue weighted by molar-refractivity contribution is 5.82. The number of benzene rings is 1. The van der Waals surface area contributed by atoms with Gasteiger partial charge in [-0.15, -0.1) is 10.2 Å². The number of aromatic nitrogens is 3. The van der Waals surface area contributed by atoms with E-state index >= 15 is 0 Å². The summed E-state index contributed by atoms with van der Waals surface area (Å²) in [6.07, 6.45) is -0.659. The first-order chi connectivity index (χ1) is 11.6. The van der Waals surface area contributed by atoms with E-state index in [1.165, 1.54) is 0 Å². The number of nitrogens with one attached hydrogen (secondary N) is 3. The van der Waals surface area contributed by atoms with Gasteiger partial charge >= 0.3 is 6.09 Å². The maximum atomic E-state index is 11.6. The maximum absolute atomic E-state index is 11.6. The van der Waals surface area contributed by atoms with Crippen LogP contribution in [0.2, 0.25) is 0 Å². The van der Waals surface area contributed by atoms with Gasteiger partial charge in [0, 0.05) is 5.56 Å². The Kier molecular flexibility index (Phi) is 6.01. The van der Waals surface area contributed by atoms with Gasteiger partial charge in [0.15, 0.2) is 0 Å². The Balaban J connectivity index is 1.89.